The summed E-state index contributed by atoms with van der Waals surface area (Å²) in [5, 5.41) is 2.67. The zero-order valence-electron chi connectivity index (χ0n) is 17.1. The molecular formula is C21H28F2N4O3. The molecular weight excluding hydrogens is 394 g/mol. The van der Waals surface area contributed by atoms with Crippen molar-refractivity contribution in [3.05, 3.63) is 29.3 Å². The molecule has 2 atom stereocenters. The summed E-state index contributed by atoms with van der Waals surface area (Å²) in [5.74, 6) is -3.18. The number of piperidine rings is 1. The molecule has 30 heavy (non-hydrogen) atoms. The standard InChI is InChI=1S/C21H28F2N4O3/c1-2-26-11-13(6-9-17(26)28)21(30)27-10-4-3-5-14(12-27)25-20(29)18-15(22)7-8-16(24)19(18)23/h7-8,13-14H,2-6,9-12,24H2,1H3,(H,25,29). The Hall–Kier alpha value is -2.71. The van der Waals surface area contributed by atoms with E-state index in [4.69, 9.17) is 5.73 Å². The van der Waals surface area contributed by atoms with Crippen molar-refractivity contribution in [1.29, 1.82) is 0 Å². The molecule has 2 fully saturated rings. The summed E-state index contributed by atoms with van der Waals surface area (Å²) >= 11 is 0. The van der Waals surface area contributed by atoms with E-state index in [1.54, 1.807) is 9.80 Å². The van der Waals surface area contributed by atoms with Crippen LogP contribution in [0.5, 0.6) is 0 Å². The third-order valence-electron chi connectivity index (χ3n) is 5.90. The summed E-state index contributed by atoms with van der Waals surface area (Å²) in [6.07, 6.45) is 3.03. The van der Waals surface area contributed by atoms with Gasteiger partial charge in [0.15, 0.2) is 5.82 Å². The molecule has 0 saturated carbocycles. The fraction of sp³-hybridized carbons (Fsp3) is 0.571. The Morgan fingerprint density at radius 1 is 1.20 bits per heavy atom. The second-order valence-corrected chi connectivity index (χ2v) is 7.94. The number of nitrogens with one attached hydrogen (secondary N) is 1. The van der Waals surface area contributed by atoms with Crippen LogP contribution in [0.2, 0.25) is 0 Å². The van der Waals surface area contributed by atoms with Gasteiger partial charge in [-0.3, -0.25) is 14.4 Å². The van der Waals surface area contributed by atoms with E-state index in [-0.39, 0.29) is 30.0 Å². The highest BCUT2D eigenvalue weighted by molar-refractivity contribution is 5.96. The number of carbonyl (C=O) groups is 3. The van der Waals surface area contributed by atoms with E-state index in [1.165, 1.54) is 0 Å². The molecule has 2 aliphatic rings. The van der Waals surface area contributed by atoms with Gasteiger partial charge in [-0.1, -0.05) is 0 Å². The molecule has 0 spiro atoms. The minimum absolute atomic E-state index is 0.0385. The topological polar surface area (TPSA) is 95.7 Å². The van der Waals surface area contributed by atoms with Crippen molar-refractivity contribution in [2.24, 2.45) is 5.92 Å². The van der Waals surface area contributed by atoms with Crippen LogP contribution >= 0.6 is 0 Å². The molecule has 2 heterocycles. The predicted molar refractivity (Wildman–Crippen MR) is 107 cm³/mol. The molecule has 0 bridgehead atoms. The lowest BCUT2D eigenvalue weighted by Gasteiger charge is -2.35. The number of nitrogens with zero attached hydrogens (tertiary/aromatic N) is 2. The molecule has 164 valence electrons. The molecule has 1 aromatic rings. The SMILES string of the molecule is CCN1CC(C(=O)N2CCCCC(NC(=O)c3c(F)ccc(N)c3F)C2)CCC1=O. The van der Waals surface area contributed by atoms with Crippen molar-refractivity contribution in [3.8, 4) is 0 Å². The molecule has 0 aromatic heterocycles. The highest BCUT2D eigenvalue weighted by atomic mass is 19.1. The third-order valence-corrected chi connectivity index (χ3v) is 5.90. The summed E-state index contributed by atoms with van der Waals surface area (Å²) < 4.78 is 28.2. The van der Waals surface area contributed by atoms with E-state index in [0.29, 0.717) is 38.9 Å². The van der Waals surface area contributed by atoms with Crippen LogP contribution in [-0.4, -0.2) is 59.7 Å². The number of carbonyl (C=O) groups excluding carboxylic acids is 3. The largest absolute Gasteiger partial charge is 0.396 e. The molecule has 3 rings (SSSR count). The monoisotopic (exact) mass is 422 g/mol. The maximum atomic E-state index is 14.2. The molecule has 7 nitrogen and oxygen atoms in total. The minimum Gasteiger partial charge on any atom is -0.396 e. The Morgan fingerprint density at radius 3 is 2.70 bits per heavy atom. The van der Waals surface area contributed by atoms with Crippen LogP contribution in [0, 0.1) is 17.6 Å². The van der Waals surface area contributed by atoms with Crippen molar-refractivity contribution < 1.29 is 23.2 Å². The molecule has 1 aromatic carbocycles. The van der Waals surface area contributed by atoms with Crippen LogP contribution in [0.4, 0.5) is 14.5 Å². The maximum Gasteiger partial charge on any atom is 0.257 e. The molecule has 3 amide bonds. The predicted octanol–water partition coefficient (Wildman–Crippen LogP) is 1.92. The molecule has 2 unspecified atom stereocenters. The van der Waals surface area contributed by atoms with E-state index in [0.717, 1.165) is 25.0 Å². The highest BCUT2D eigenvalue weighted by Gasteiger charge is 2.34. The first kappa shape index (κ1) is 22.0. The van der Waals surface area contributed by atoms with Gasteiger partial charge in [-0.15, -0.1) is 0 Å². The average Bonchev–Trinajstić information content (AvgIpc) is 2.96. The second kappa shape index (κ2) is 9.40. The number of rotatable bonds is 4. The van der Waals surface area contributed by atoms with Crippen molar-refractivity contribution in [2.75, 3.05) is 31.9 Å². The Bertz CT molecular complexity index is 833. The first-order valence-corrected chi connectivity index (χ1v) is 10.4. The van der Waals surface area contributed by atoms with Crippen molar-refractivity contribution in [2.45, 2.75) is 45.1 Å². The Kier molecular flexibility index (Phi) is 6.89. The van der Waals surface area contributed by atoms with E-state index >= 15 is 0 Å². The number of hydrogen-bond donors (Lipinski definition) is 2. The van der Waals surface area contributed by atoms with Crippen LogP contribution < -0.4 is 11.1 Å². The first-order valence-electron chi connectivity index (χ1n) is 10.4. The molecule has 0 aliphatic carbocycles. The van der Waals surface area contributed by atoms with E-state index in [1.807, 2.05) is 6.92 Å². The Balaban J connectivity index is 1.68. The van der Waals surface area contributed by atoms with Gasteiger partial charge in [0.1, 0.15) is 11.4 Å². The van der Waals surface area contributed by atoms with E-state index < -0.39 is 29.1 Å². The van der Waals surface area contributed by atoms with Crippen LogP contribution in [0.3, 0.4) is 0 Å². The van der Waals surface area contributed by atoms with Crippen LogP contribution in [-0.2, 0) is 9.59 Å². The Morgan fingerprint density at radius 2 is 1.97 bits per heavy atom. The number of amides is 3. The quantitative estimate of drug-likeness (QED) is 0.725. The molecule has 9 heteroatoms. The summed E-state index contributed by atoms with van der Waals surface area (Å²) in [4.78, 5) is 40.9. The maximum absolute atomic E-state index is 14.2. The van der Waals surface area contributed by atoms with Crippen LogP contribution in [0.1, 0.15) is 49.4 Å². The zero-order chi connectivity index (χ0) is 21.8. The van der Waals surface area contributed by atoms with Crippen molar-refractivity contribution in [3.63, 3.8) is 0 Å². The van der Waals surface area contributed by atoms with Gasteiger partial charge in [-0.05, 0) is 44.7 Å². The van der Waals surface area contributed by atoms with Gasteiger partial charge in [0, 0.05) is 38.6 Å². The lowest BCUT2D eigenvalue weighted by molar-refractivity contribution is -0.143. The van der Waals surface area contributed by atoms with E-state index in [9.17, 15) is 23.2 Å². The lowest BCUT2D eigenvalue weighted by atomic mass is 9.95. The third kappa shape index (κ3) is 4.71. The van der Waals surface area contributed by atoms with Gasteiger partial charge in [-0.2, -0.15) is 0 Å². The first-order chi connectivity index (χ1) is 14.3. The lowest BCUT2D eigenvalue weighted by Crippen LogP contribution is -2.50. The van der Waals surface area contributed by atoms with Gasteiger partial charge >= 0.3 is 0 Å². The fourth-order valence-corrected chi connectivity index (χ4v) is 4.17. The smallest absolute Gasteiger partial charge is 0.257 e. The Labute approximate surface area is 174 Å². The number of benzene rings is 1. The minimum atomic E-state index is -1.08. The van der Waals surface area contributed by atoms with Gasteiger partial charge in [-0.25, -0.2) is 8.78 Å². The number of likely N-dealkylation sites (tertiary alicyclic amines) is 2. The van der Waals surface area contributed by atoms with Gasteiger partial charge in [0.05, 0.1) is 11.6 Å². The summed E-state index contributed by atoms with van der Waals surface area (Å²) in [6, 6.07) is 1.61. The number of anilines is 1. The summed E-state index contributed by atoms with van der Waals surface area (Å²) in [5.41, 5.74) is 4.45. The highest BCUT2D eigenvalue weighted by Crippen LogP contribution is 2.23. The molecule has 2 aliphatic heterocycles. The normalized spacial score (nSPS) is 22.6. The summed E-state index contributed by atoms with van der Waals surface area (Å²) in [7, 11) is 0. The summed E-state index contributed by atoms with van der Waals surface area (Å²) in [6.45, 7) is 3.69. The van der Waals surface area contributed by atoms with Crippen molar-refractivity contribution in [1.82, 2.24) is 15.1 Å². The molecule has 3 N–H and O–H groups in total. The van der Waals surface area contributed by atoms with Crippen molar-refractivity contribution >= 4 is 23.4 Å². The molecule has 2 saturated heterocycles. The number of nitrogen functional groups attached to an aromatic ring is 1. The van der Waals surface area contributed by atoms with E-state index in [2.05, 4.69) is 5.32 Å². The van der Waals surface area contributed by atoms with Gasteiger partial charge in [0.2, 0.25) is 11.8 Å². The average molecular weight is 422 g/mol. The van der Waals surface area contributed by atoms with Crippen LogP contribution in [0.25, 0.3) is 0 Å². The number of halogens is 2. The zero-order valence-corrected chi connectivity index (χ0v) is 17.1. The van der Waals surface area contributed by atoms with Crippen LogP contribution in [0.15, 0.2) is 12.1 Å². The number of nitrogens with two attached hydrogens (primary N) is 1. The fourth-order valence-electron chi connectivity index (χ4n) is 4.17. The van der Waals surface area contributed by atoms with Gasteiger partial charge in [0.25, 0.3) is 5.91 Å². The molecule has 0 radical (unpaired) electrons. The second-order valence-electron chi connectivity index (χ2n) is 7.94. The van der Waals surface area contributed by atoms with Gasteiger partial charge < -0.3 is 20.9 Å². The number of hydrogen-bond acceptors (Lipinski definition) is 4.